The predicted molar refractivity (Wildman–Crippen MR) is 177 cm³/mol. The summed E-state index contributed by atoms with van der Waals surface area (Å²) in [7, 11) is 2.04. The fourth-order valence-electron chi connectivity index (χ4n) is 4.70. The van der Waals surface area contributed by atoms with E-state index in [2.05, 4.69) is 54.2 Å². The number of aryl methyl sites for hydroxylation is 1. The Morgan fingerprint density at radius 1 is 1.12 bits per heavy atom. The van der Waals surface area contributed by atoms with Crippen LogP contribution in [0.4, 0.5) is 19.0 Å². The van der Waals surface area contributed by atoms with Gasteiger partial charge in [0.15, 0.2) is 0 Å². The number of hydrogen-bond acceptors (Lipinski definition) is 3. The number of rotatable bonds is 7. The van der Waals surface area contributed by atoms with Gasteiger partial charge in [0.1, 0.15) is 5.82 Å². The zero-order valence-electron chi connectivity index (χ0n) is 27.4. The van der Waals surface area contributed by atoms with Crippen molar-refractivity contribution in [1.82, 2.24) is 9.88 Å². The largest absolute Gasteiger partial charge is 0.416 e. The number of alkyl halides is 3. The number of nitrogens with zero attached hydrogens (tertiary/aromatic N) is 2. The highest BCUT2D eigenvalue weighted by atomic mass is 19.4. The van der Waals surface area contributed by atoms with E-state index in [9.17, 15) is 13.2 Å². The third-order valence-electron chi connectivity index (χ3n) is 6.57. The Morgan fingerprint density at radius 3 is 2.36 bits per heavy atom. The second-order valence-electron chi connectivity index (χ2n) is 10.5. The van der Waals surface area contributed by atoms with Crippen molar-refractivity contribution in [3.63, 3.8) is 0 Å². The number of nitrogens with one attached hydrogen (secondary N) is 1. The lowest BCUT2D eigenvalue weighted by molar-refractivity contribution is -0.0884. The average molecular weight is 584 g/mol. The van der Waals surface area contributed by atoms with Crippen LogP contribution in [0.1, 0.15) is 86.6 Å². The molecule has 0 saturated carbocycles. The highest BCUT2D eigenvalue weighted by Crippen LogP contribution is 2.33. The summed E-state index contributed by atoms with van der Waals surface area (Å²) < 4.78 is 41.3. The Bertz CT molecular complexity index is 1280. The molecular weight excluding hydrogens is 531 g/mol. The molecule has 1 saturated heterocycles. The van der Waals surface area contributed by atoms with Gasteiger partial charge in [-0.05, 0) is 87.8 Å². The van der Waals surface area contributed by atoms with Gasteiger partial charge in [0, 0.05) is 30.9 Å². The highest BCUT2D eigenvalue weighted by molar-refractivity contribution is 5.92. The number of fused-ring (bicyclic) bond motifs is 1. The number of aromatic nitrogens is 1. The maximum atomic E-state index is 13.8. The minimum atomic E-state index is -4.41. The molecule has 6 heteroatoms. The molecule has 1 unspecified atom stereocenters. The van der Waals surface area contributed by atoms with Crippen LogP contribution in [0.15, 0.2) is 88.8 Å². The fraction of sp³-hybridized carbons (Fsp3) is 0.472. The number of piperidine rings is 1. The monoisotopic (exact) mass is 583 g/mol. The summed E-state index contributed by atoms with van der Waals surface area (Å²) in [5, 5.41) is 5.84. The topological polar surface area (TPSA) is 28.2 Å². The zero-order valence-corrected chi connectivity index (χ0v) is 27.4. The molecule has 1 aromatic carbocycles. The van der Waals surface area contributed by atoms with Gasteiger partial charge in [0.05, 0.1) is 11.6 Å². The number of benzene rings is 1. The third-order valence-corrected chi connectivity index (χ3v) is 6.57. The highest BCUT2D eigenvalue weighted by Gasteiger charge is 2.32. The van der Waals surface area contributed by atoms with Crippen LogP contribution in [-0.4, -0.2) is 35.7 Å². The first kappa shape index (κ1) is 36.7. The molecule has 3 rings (SSSR count). The molecule has 42 heavy (non-hydrogen) atoms. The quantitative estimate of drug-likeness (QED) is 0.329. The van der Waals surface area contributed by atoms with E-state index in [1.54, 1.807) is 19.1 Å². The maximum absolute atomic E-state index is 13.8. The first-order chi connectivity index (χ1) is 20.0. The zero-order chi connectivity index (χ0) is 31.9. The van der Waals surface area contributed by atoms with Crippen LogP contribution in [0.3, 0.4) is 0 Å². The summed E-state index contributed by atoms with van der Waals surface area (Å²) in [5.41, 5.74) is 3.87. The number of likely N-dealkylation sites (N-methyl/N-ethyl adjacent to an activating group) is 1. The van der Waals surface area contributed by atoms with Crippen LogP contribution in [0, 0.1) is 6.92 Å². The molecule has 1 N–H and O–H groups in total. The first-order valence-electron chi connectivity index (χ1n) is 15.3. The fourth-order valence-corrected chi connectivity index (χ4v) is 4.70. The van der Waals surface area contributed by atoms with Crippen molar-refractivity contribution in [3.8, 4) is 0 Å². The van der Waals surface area contributed by atoms with E-state index in [4.69, 9.17) is 0 Å². The van der Waals surface area contributed by atoms with Gasteiger partial charge in [-0.25, -0.2) is 4.98 Å². The van der Waals surface area contributed by atoms with Crippen LogP contribution >= 0.6 is 0 Å². The molecule has 232 valence electrons. The molecule has 2 aromatic rings. The van der Waals surface area contributed by atoms with Crippen molar-refractivity contribution in [1.29, 1.82) is 0 Å². The van der Waals surface area contributed by atoms with Gasteiger partial charge in [-0.15, -0.1) is 0 Å². The van der Waals surface area contributed by atoms with Gasteiger partial charge in [0.25, 0.3) is 0 Å². The summed E-state index contributed by atoms with van der Waals surface area (Å²) in [6.45, 7) is 18.6. The Labute approximate surface area is 253 Å². The van der Waals surface area contributed by atoms with Gasteiger partial charge in [-0.3, -0.25) is 0 Å². The van der Waals surface area contributed by atoms with Crippen LogP contribution in [0.25, 0.3) is 10.8 Å². The van der Waals surface area contributed by atoms with E-state index in [1.807, 2.05) is 60.0 Å². The number of pyridine rings is 1. The van der Waals surface area contributed by atoms with Crippen molar-refractivity contribution in [2.45, 2.75) is 100 Å². The predicted octanol–water partition coefficient (Wildman–Crippen LogP) is 11.1. The smallest absolute Gasteiger partial charge is 0.376 e. The van der Waals surface area contributed by atoms with Crippen LogP contribution < -0.4 is 5.32 Å². The van der Waals surface area contributed by atoms with Crippen molar-refractivity contribution in [2.24, 2.45) is 0 Å². The van der Waals surface area contributed by atoms with E-state index in [-0.39, 0.29) is 6.04 Å². The van der Waals surface area contributed by atoms with Gasteiger partial charge in [-0.1, -0.05) is 82.5 Å². The van der Waals surface area contributed by atoms with E-state index in [0.29, 0.717) is 12.0 Å². The molecule has 0 amide bonds. The molecule has 0 spiro atoms. The first-order valence-corrected chi connectivity index (χ1v) is 15.3. The molecule has 2 heterocycles. The second kappa shape index (κ2) is 18.3. The van der Waals surface area contributed by atoms with Crippen molar-refractivity contribution in [3.05, 3.63) is 94.4 Å². The molecule has 1 aliphatic heterocycles. The van der Waals surface area contributed by atoms with Crippen molar-refractivity contribution >= 4 is 16.6 Å². The molecule has 1 atom stereocenters. The molecule has 0 bridgehead atoms. The van der Waals surface area contributed by atoms with Crippen LogP contribution in [0.2, 0.25) is 0 Å². The van der Waals surface area contributed by atoms with Crippen molar-refractivity contribution in [2.75, 3.05) is 18.9 Å². The van der Waals surface area contributed by atoms with Gasteiger partial charge < -0.3 is 10.2 Å². The lowest BCUT2D eigenvalue weighted by Gasteiger charge is -2.36. The summed E-state index contributed by atoms with van der Waals surface area (Å²) in [6, 6.07) is 8.30. The Morgan fingerprint density at radius 2 is 1.79 bits per heavy atom. The van der Waals surface area contributed by atoms with Crippen molar-refractivity contribution < 1.29 is 13.2 Å². The van der Waals surface area contributed by atoms with E-state index < -0.39 is 11.7 Å². The molecule has 1 aliphatic rings. The third kappa shape index (κ3) is 10.8. The second-order valence-corrected chi connectivity index (χ2v) is 10.5. The number of likely N-dealkylation sites (tertiary alicyclic amines) is 1. The minimum absolute atomic E-state index is 0.0214. The van der Waals surface area contributed by atoms with E-state index >= 15 is 0 Å². The number of halogens is 3. The molecule has 0 radical (unpaired) electrons. The number of anilines is 1. The summed E-state index contributed by atoms with van der Waals surface area (Å²) in [4.78, 5) is 6.84. The Hall–Kier alpha value is -3.28. The maximum Gasteiger partial charge on any atom is 0.416 e. The minimum Gasteiger partial charge on any atom is -0.376 e. The lowest BCUT2D eigenvalue weighted by Crippen LogP contribution is -2.38. The molecular formula is C36H52F3N3. The molecule has 1 aromatic heterocycles. The van der Waals surface area contributed by atoms with E-state index in [0.717, 1.165) is 58.4 Å². The molecule has 0 aliphatic carbocycles. The summed E-state index contributed by atoms with van der Waals surface area (Å²) in [5.74, 6) is 0.820. The average Bonchev–Trinajstić information content (AvgIpc) is 2.93. The van der Waals surface area contributed by atoms with Gasteiger partial charge >= 0.3 is 6.18 Å². The molecule has 3 nitrogen and oxygen atoms in total. The van der Waals surface area contributed by atoms with E-state index in [1.165, 1.54) is 18.6 Å². The van der Waals surface area contributed by atoms with Gasteiger partial charge in [-0.2, -0.15) is 13.2 Å². The lowest BCUT2D eigenvalue weighted by atomic mass is 9.93. The SMILES string of the molecule is CC.CCC.C\C=C/C(=C\C(=C\CC)C(F)(F)F)C(/C=C1/C(Nc2nccc3ccc(C)cc23)CCCN1C)=C(C)C. The Balaban J connectivity index is 0.00000165. The number of allylic oxidation sites excluding steroid dienone is 9. The normalized spacial score (nSPS) is 17.0. The van der Waals surface area contributed by atoms with Crippen LogP contribution in [-0.2, 0) is 0 Å². The number of hydrogen-bond donors (Lipinski definition) is 1. The van der Waals surface area contributed by atoms with Crippen LogP contribution in [0.5, 0.6) is 0 Å². The van der Waals surface area contributed by atoms with Gasteiger partial charge in [0.2, 0.25) is 0 Å². The summed E-state index contributed by atoms with van der Waals surface area (Å²) in [6.07, 6.45) is 8.98. The summed E-state index contributed by atoms with van der Waals surface area (Å²) >= 11 is 0. The standard InChI is InChI=1S/C31H38F3N3.C3H8.C2H6/c1-7-10-24(19-25(11-8-2)31(32,33)34)26(21(3)4)20-29-28(12-9-17-37(29)6)36-30-27-18-22(5)13-14-23(27)15-16-35-30;1-3-2;1-2/h7,10-11,13-16,18-20,28H,8-9,12,17H2,1-6H3,(H,35,36);3H2,1-2H3;1-2H3/b10-7-,24-19+,25-11-,29-20-;;. The Kier molecular flexibility index (Phi) is 16.0. The molecule has 1 fully saturated rings.